The van der Waals surface area contributed by atoms with Crippen LogP contribution < -0.4 is 5.32 Å². The molecule has 0 bridgehead atoms. The summed E-state index contributed by atoms with van der Waals surface area (Å²) in [5.41, 5.74) is 0.0533. The van der Waals surface area contributed by atoms with Gasteiger partial charge in [-0.15, -0.1) is 0 Å². The second-order valence-corrected chi connectivity index (χ2v) is 5.30. The van der Waals surface area contributed by atoms with Crippen molar-refractivity contribution >= 4 is 57.0 Å². The molecule has 0 radical (unpaired) electrons. The summed E-state index contributed by atoms with van der Waals surface area (Å²) in [4.78, 5) is 21.5. The van der Waals surface area contributed by atoms with Crippen LogP contribution in [0.3, 0.4) is 0 Å². The molecule has 0 fully saturated rings. The fourth-order valence-electron chi connectivity index (χ4n) is 1.42. The summed E-state index contributed by atoms with van der Waals surface area (Å²) in [5.74, 6) is -0.890. The van der Waals surface area contributed by atoms with Crippen molar-refractivity contribution < 1.29 is 22.7 Å². The summed E-state index contributed by atoms with van der Waals surface area (Å²) < 4.78 is 30.8. The zero-order valence-corrected chi connectivity index (χ0v) is 10.8. The Labute approximate surface area is 137 Å². The van der Waals surface area contributed by atoms with Gasteiger partial charge in [-0.3, -0.25) is 19.5 Å². The normalized spacial score (nSPS) is 12.1. The molecule has 1 amide bonds. The van der Waals surface area contributed by atoms with Crippen molar-refractivity contribution in [3.8, 4) is 0 Å². The molecule has 8 nitrogen and oxygen atoms in total. The number of hydrogen-bond donors (Lipinski definition) is 2. The van der Waals surface area contributed by atoms with Crippen LogP contribution in [0.15, 0.2) is 24.3 Å². The van der Waals surface area contributed by atoms with E-state index in [4.69, 9.17) is 4.55 Å². The summed E-state index contributed by atoms with van der Waals surface area (Å²) in [7, 11) is -4.48. The number of anilines is 1. The standard InChI is InChI=1S/C10H12N2O6S.Na.H/c1-2-9(19(16,17)18)10(13)11-7-3-5-8(6-4-7)12(14)15;;/h3-6,9H,2H2,1H3,(H,11,13)(H,16,17,18);;. The Morgan fingerprint density at radius 1 is 1.40 bits per heavy atom. The van der Waals surface area contributed by atoms with Crippen LogP contribution in [0.5, 0.6) is 0 Å². The van der Waals surface area contributed by atoms with Gasteiger partial charge in [0.1, 0.15) is 0 Å². The molecule has 0 aliphatic rings. The predicted molar refractivity (Wildman–Crippen MR) is 74.5 cm³/mol. The molecular weight excluding hydrogens is 299 g/mol. The van der Waals surface area contributed by atoms with E-state index in [1.807, 2.05) is 0 Å². The Bertz CT molecular complexity index is 586. The maximum atomic E-state index is 11.6. The van der Waals surface area contributed by atoms with Gasteiger partial charge in [0.05, 0.1) is 4.92 Å². The fraction of sp³-hybridized carbons (Fsp3) is 0.300. The first-order valence-corrected chi connectivity index (χ1v) is 6.77. The Morgan fingerprint density at radius 2 is 1.90 bits per heavy atom. The van der Waals surface area contributed by atoms with E-state index in [0.717, 1.165) is 0 Å². The van der Waals surface area contributed by atoms with E-state index >= 15 is 0 Å². The maximum absolute atomic E-state index is 11.6. The topological polar surface area (TPSA) is 127 Å². The number of benzene rings is 1. The average Bonchev–Trinajstić information content (AvgIpc) is 2.28. The quantitative estimate of drug-likeness (QED) is 0.354. The van der Waals surface area contributed by atoms with Crippen LogP contribution in [0.2, 0.25) is 0 Å². The molecule has 1 aromatic carbocycles. The number of amides is 1. The molecule has 0 aromatic heterocycles. The van der Waals surface area contributed by atoms with Gasteiger partial charge in [-0.25, -0.2) is 0 Å². The monoisotopic (exact) mass is 312 g/mol. The molecule has 0 saturated carbocycles. The van der Waals surface area contributed by atoms with Gasteiger partial charge in [0, 0.05) is 17.8 Å². The van der Waals surface area contributed by atoms with Gasteiger partial charge in [0.15, 0.2) is 5.25 Å². The number of rotatable bonds is 5. The SMILES string of the molecule is CCC(C(=O)Nc1ccc([N+](=O)[O-])cc1)S(=O)(=O)O.[NaH]. The number of nitrogens with one attached hydrogen (secondary N) is 1. The number of hydrogen-bond acceptors (Lipinski definition) is 5. The van der Waals surface area contributed by atoms with E-state index in [1.54, 1.807) is 0 Å². The molecule has 1 atom stereocenters. The zero-order valence-electron chi connectivity index (χ0n) is 9.94. The Morgan fingerprint density at radius 3 is 2.25 bits per heavy atom. The summed E-state index contributed by atoms with van der Waals surface area (Å²) in [6.45, 7) is 1.44. The molecule has 10 heteroatoms. The second-order valence-electron chi connectivity index (χ2n) is 3.71. The third kappa shape index (κ3) is 5.17. The summed E-state index contributed by atoms with van der Waals surface area (Å²) in [6.07, 6.45) is -0.0857. The minimum atomic E-state index is -4.48. The first-order valence-electron chi connectivity index (χ1n) is 5.27. The Hall–Kier alpha value is -1.000. The number of nitro benzene ring substituents is 1. The number of non-ortho nitro benzene ring substituents is 1. The van der Waals surface area contributed by atoms with E-state index in [0.29, 0.717) is 0 Å². The molecule has 0 aliphatic carbocycles. The number of nitro groups is 1. The van der Waals surface area contributed by atoms with Crippen LogP contribution in [0, 0.1) is 10.1 Å². The van der Waals surface area contributed by atoms with Gasteiger partial charge < -0.3 is 5.32 Å². The van der Waals surface area contributed by atoms with Gasteiger partial charge in [-0.05, 0) is 18.6 Å². The van der Waals surface area contributed by atoms with E-state index in [-0.39, 0.29) is 47.4 Å². The van der Waals surface area contributed by atoms with Gasteiger partial charge in [-0.2, -0.15) is 8.42 Å². The van der Waals surface area contributed by atoms with Crippen LogP contribution >= 0.6 is 0 Å². The van der Waals surface area contributed by atoms with Crippen molar-refractivity contribution in [1.29, 1.82) is 0 Å². The molecule has 2 N–H and O–H groups in total. The first-order chi connectivity index (χ1) is 8.75. The number of carbonyl (C=O) groups excluding carboxylic acids is 1. The third-order valence-corrected chi connectivity index (χ3v) is 3.63. The molecule has 20 heavy (non-hydrogen) atoms. The molecule has 0 heterocycles. The summed E-state index contributed by atoms with van der Waals surface area (Å²) >= 11 is 0. The summed E-state index contributed by atoms with van der Waals surface area (Å²) in [6, 6.07) is 4.88. The van der Waals surface area contributed by atoms with Crippen molar-refractivity contribution in [2.45, 2.75) is 18.6 Å². The molecule has 1 aromatic rings. The fourth-order valence-corrected chi connectivity index (χ4v) is 2.17. The number of nitrogens with zero attached hydrogens (tertiary/aromatic N) is 1. The van der Waals surface area contributed by atoms with E-state index in [2.05, 4.69) is 5.32 Å². The molecule has 1 unspecified atom stereocenters. The van der Waals surface area contributed by atoms with Crippen molar-refractivity contribution in [3.63, 3.8) is 0 Å². The first kappa shape index (κ1) is 19.0. The molecule has 106 valence electrons. The van der Waals surface area contributed by atoms with Crippen LogP contribution in [0.25, 0.3) is 0 Å². The van der Waals surface area contributed by atoms with E-state index < -0.39 is 26.2 Å². The molecular formula is C10H13N2NaO6S. The second kappa shape index (κ2) is 7.70. The van der Waals surface area contributed by atoms with Crippen LogP contribution in [0.1, 0.15) is 13.3 Å². The zero-order chi connectivity index (χ0) is 14.6. The minimum absolute atomic E-state index is 0. The van der Waals surface area contributed by atoms with Crippen molar-refractivity contribution in [1.82, 2.24) is 0 Å². The van der Waals surface area contributed by atoms with Gasteiger partial charge in [0.2, 0.25) is 5.91 Å². The predicted octanol–water partition coefficient (Wildman–Crippen LogP) is 0.551. The average molecular weight is 312 g/mol. The van der Waals surface area contributed by atoms with E-state index in [9.17, 15) is 23.3 Å². The van der Waals surface area contributed by atoms with E-state index in [1.165, 1.54) is 31.2 Å². The van der Waals surface area contributed by atoms with Crippen LogP contribution in [-0.4, -0.2) is 58.6 Å². The Balaban J connectivity index is 0.00000361. The van der Waals surface area contributed by atoms with Crippen molar-refractivity contribution in [2.75, 3.05) is 5.32 Å². The van der Waals surface area contributed by atoms with Gasteiger partial charge in [0.25, 0.3) is 15.8 Å². The molecule has 0 spiro atoms. The summed E-state index contributed by atoms with van der Waals surface area (Å²) in [5, 5.41) is 11.1. The van der Waals surface area contributed by atoms with Crippen LogP contribution in [0.4, 0.5) is 11.4 Å². The Kier molecular flexibility index (Phi) is 7.31. The molecule has 1 rings (SSSR count). The van der Waals surface area contributed by atoms with Crippen molar-refractivity contribution in [2.24, 2.45) is 0 Å². The number of carbonyl (C=O) groups is 1. The molecule has 0 aliphatic heterocycles. The van der Waals surface area contributed by atoms with Gasteiger partial charge in [-0.1, -0.05) is 6.92 Å². The molecule has 0 saturated heterocycles. The van der Waals surface area contributed by atoms with Gasteiger partial charge >= 0.3 is 29.6 Å². The third-order valence-electron chi connectivity index (χ3n) is 2.37. The van der Waals surface area contributed by atoms with Crippen LogP contribution in [-0.2, 0) is 14.9 Å². The van der Waals surface area contributed by atoms with Crippen molar-refractivity contribution in [3.05, 3.63) is 34.4 Å².